The summed E-state index contributed by atoms with van der Waals surface area (Å²) in [5.74, 6) is 0.117. The fraction of sp³-hybridized carbons (Fsp3) is 0.545. The van der Waals surface area contributed by atoms with Crippen molar-refractivity contribution in [2.24, 2.45) is 5.92 Å². The molecule has 1 saturated heterocycles. The van der Waals surface area contributed by atoms with Crippen molar-refractivity contribution in [3.05, 3.63) is 41.1 Å². The Hall–Kier alpha value is -2.76. The molecular formula is C22H30N6O12P2. The highest BCUT2D eigenvalue weighted by Gasteiger charge is 2.50. The van der Waals surface area contributed by atoms with Crippen molar-refractivity contribution in [2.75, 3.05) is 26.1 Å². The Bertz CT molecular complexity index is 1540. The first-order valence-electron chi connectivity index (χ1n) is 12.8. The van der Waals surface area contributed by atoms with Gasteiger partial charge in [-0.2, -0.15) is 4.98 Å². The van der Waals surface area contributed by atoms with E-state index in [4.69, 9.17) is 28.8 Å². The molecular weight excluding hydrogens is 602 g/mol. The van der Waals surface area contributed by atoms with Gasteiger partial charge in [0.2, 0.25) is 11.8 Å². The number of nitrogens with one attached hydrogen (secondary N) is 1. The van der Waals surface area contributed by atoms with Gasteiger partial charge >= 0.3 is 15.6 Å². The number of H-pyrrole nitrogens is 1. The highest BCUT2D eigenvalue weighted by Crippen LogP contribution is 2.51. The largest absolute Gasteiger partial charge is 0.474 e. The molecule has 3 aromatic rings. The van der Waals surface area contributed by atoms with Crippen LogP contribution >= 0.6 is 15.6 Å². The summed E-state index contributed by atoms with van der Waals surface area (Å²) in [6, 6.07) is 5.31. The van der Waals surface area contributed by atoms with E-state index in [2.05, 4.69) is 24.5 Å². The van der Waals surface area contributed by atoms with E-state index in [1.54, 1.807) is 24.4 Å². The molecule has 0 spiro atoms. The van der Waals surface area contributed by atoms with E-state index in [1.807, 2.05) is 0 Å². The van der Waals surface area contributed by atoms with Crippen LogP contribution in [0.5, 0.6) is 5.88 Å². The number of aromatic amines is 1. The molecule has 2 fully saturated rings. The van der Waals surface area contributed by atoms with Gasteiger partial charge in [-0.05, 0) is 31.2 Å². The Morgan fingerprint density at radius 2 is 1.95 bits per heavy atom. The number of nitrogens with zero attached hydrogens (tertiary/aromatic N) is 4. The van der Waals surface area contributed by atoms with Gasteiger partial charge in [0.05, 0.1) is 19.5 Å². The lowest BCUT2D eigenvalue weighted by Gasteiger charge is -2.24. The van der Waals surface area contributed by atoms with Crippen molar-refractivity contribution in [3.63, 3.8) is 0 Å². The van der Waals surface area contributed by atoms with Crippen molar-refractivity contribution in [1.29, 1.82) is 0 Å². The Kier molecular flexibility index (Phi) is 9.10. The average Bonchev–Trinajstić information content (AvgIpc) is 3.65. The number of aliphatic hydroxyl groups excluding tert-OH is 1. The number of aromatic nitrogens is 5. The number of fused-ring (bicyclic) bond motifs is 1. The lowest BCUT2D eigenvalue weighted by Crippen LogP contribution is -2.35. The maximum absolute atomic E-state index is 13.1. The molecule has 8 atom stereocenters. The van der Waals surface area contributed by atoms with Gasteiger partial charge in [-0.3, -0.25) is 32.4 Å². The third kappa shape index (κ3) is 7.06. The molecule has 0 radical (unpaired) electrons. The van der Waals surface area contributed by atoms with E-state index < -0.39 is 52.4 Å². The standard InChI is InChI=1S/C22H30N6O12P2/c1-35-41(31,32)37-10-14-17(29)18(21(39-14)28-11-25-16-19(28)26-22(23)27-20(16)30)40-42(33,34)36-9-12-5-6-13(8-12)38-15-4-2-3-7-24-15/h2-4,7,11-14,17-18,21,29H,5-6,8-10H2,1H3,(H,31,32)(H,33,34)(H3,23,26,27,30)/t12-,13+,14-,17-,18-,21-/m1/s1. The molecule has 18 nitrogen and oxygen atoms in total. The third-order valence-electron chi connectivity index (χ3n) is 6.82. The summed E-state index contributed by atoms with van der Waals surface area (Å²) in [5, 5.41) is 11.0. The summed E-state index contributed by atoms with van der Waals surface area (Å²) in [5.41, 5.74) is 4.80. The molecule has 0 amide bonds. The van der Waals surface area contributed by atoms with E-state index in [1.165, 1.54) is 4.57 Å². The van der Waals surface area contributed by atoms with Crippen LogP contribution in [0.15, 0.2) is 35.5 Å². The highest BCUT2D eigenvalue weighted by atomic mass is 31.2. The minimum absolute atomic E-state index is 0.0769. The van der Waals surface area contributed by atoms with Gasteiger partial charge in [0, 0.05) is 19.4 Å². The zero-order chi connectivity index (χ0) is 30.1. The van der Waals surface area contributed by atoms with E-state index in [9.17, 15) is 28.8 Å². The summed E-state index contributed by atoms with van der Waals surface area (Å²) in [6.45, 7) is -0.808. The van der Waals surface area contributed by atoms with Gasteiger partial charge in [0.1, 0.15) is 24.4 Å². The first-order chi connectivity index (χ1) is 19.9. The molecule has 1 aliphatic heterocycles. The lowest BCUT2D eigenvalue weighted by molar-refractivity contribution is -0.0513. The number of hydrogen-bond donors (Lipinski definition) is 5. The molecule has 20 heteroatoms. The summed E-state index contributed by atoms with van der Waals surface area (Å²) in [7, 11) is -8.35. The van der Waals surface area contributed by atoms with Crippen LogP contribution in [0.4, 0.5) is 5.95 Å². The second-order valence-corrected chi connectivity index (χ2v) is 12.7. The quantitative estimate of drug-likeness (QED) is 0.174. The highest BCUT2D eigenvalue weighted by molar-refractivity contribution is 7.47. The van der Waals surface area contributed by atoms with Crippen molar-refractivity contribution < 1.29 is 51.6 Å². The Labute approximate surface area is 238 Å². The van der Waals surface area contributed by atoms with Crippen LogP contribution < -0.4 is 16.0 Å². The minimum atomic E-state index is -4.83. The van der Waals surface area contributed by atoms with Crippen LogP contribution in [-0.2, 0) is 32.0 Å². The Balaban J connectivity index is 1.29. The molecule has 2 aliphatic rings. The van der Waals surface area contributed by atoms with Gasteiger partial charge in [0.25, 0.3) is 5.56 Å². The molecule has 3 aromatic heterocycles. The zero-order valence-electron chi connectivity index (χ0n) is 22.2. The lowest BCUT2D eigenvalue weighted by atomic mass is 10.1. The van der Waals surface area contributed by atoms with Crippen LogP contribution in [0.1, 0.15) is 25.5 Å². The fourth-order valence-electron chi connectivity index (χ4n) is 4.80. The number of phosphoric ester groups is 2. The van der Waals surface area contributed by atoms with Gasteiger partial charge < -0.3 is 30.1 Å². The number of pyridine rings is 1. The number of imidazole rings is 1. The predicted molar refractivity (Wildman–Crippen MR) is 142 cm³/mol. The molecule has 0 aromatic carbocycles. The predicted octanol–water partition coefficient (Wildman–Crippen LogP) is 0.868. The van der Waals surface area contributed by atoms with Gasteiger partial charge in [-0.25, -0.2) is 19.1 Å². The number of hydrogen-bond acceptors (Lipinski definition) is 14. The number of anilines is 1. The van der Waals surface area contributed by atoms with Crippen molar-refractivity contribution in [3.8, 4) is 5.88 Å². The van der Waals surface area contributed by atoms with Crippen LogP contribution in [0.25, 0.3) is 11.2 Å². The maximum Gasteiger partial charge on any atom is 0.472 e. The van der Waals surface area contributed by atoms with Crippen LogP contribution in [0.3, 0.4) is 0 Å². The first kappa shape index (κ1) is 30.7. The van der Waals surface area contributed by atoms with Crippen LogP contribution in [0, 0.1) is 5.92 Å². The molecule has 0 bridgehead atoms. The second kappa shape index (κ2) is 12.5. The number of phosphoric acid groups is 2. The molecule has 2 unspecified atom stereocenters. The molecule has 6 N–H and O–H groups in total. The van der Waals surface area contributed by atoms with E-state index >= 15 is 0 Å². The Morgan fingerprint density at radius 1 is 1.17 bits per heavy atom. The normalized spacial score (nSPS) is 29.0. The minimum Gasteiger partial charge on any atom is -0.474 e. The van der Waals surface area contributed by atoms with Crippen LogP contribution in [-0.4, -0.2) is 84.1 Å². The van der Waals surface area contributed by atoms with Gasteiger partial charge in [-0.1, -0.05) is 6.07 Å². The van der Waals surface area contributed by atoms with E-state index in [0.29, 0.717) is 25.1 Å². The topological polar surface area (TPSA) is 253 Å². The number of aliphatic hydroxyl groups is 1. The third-order valence-corrected chi connectivity index (χ3v) is 8.74. The molecule has 5 rings (SSSR count). The summed E-state index contributed by atoms with van der Waals surface area (Å²) < 4.78 is 57.5. The molecule has 230 valence electrons. The molecule has 4 heterocycles. The molecule has 1 aliphatic carbocycles. The summed E-state index contributed by atoms with van der Waals surface area (Å²) in [4.78, 5) is 46.9. The maximum atomic E-state index is 13.1. The zero-order valence-corrected chi connectivity index (χ0v) is 24.0. The van der Waals surface area contributed by atoms with Gasteiger partial charge in [-0.15, -0.1) is 0 Å². The van der Waals surface area contributed by atoms with Crippen molar-refractivity contribution in [1.82, 2.24) is 24.5 Å². The number of rotatable bonds is 12. The number of nitrogens with two attached hydrogens (primary N) is 1. The average molecular weight is 632 g/mol. The van der Waals surface area contributed by atoms with Crippen molar-refractivity contribution >= 4 is 32.8 Å². The van der Waals surface area contributed by atoms with Crippen LogP contribution in [0.2, 0.25) is 0 Å². The molecule has 42 heavy (non-hydrogen) atoms. The smallest absolute Gasteiger partial charge is 0.472 e. The van der Waals surface area contributed by atoms with Gasteiger partial charge in [0.15, 0.2) is 17.4 Å². The SMILES string of the molecule is COP(=O)(O)OC[C@H]1O[C@@H](n2cnc3c(=O)[nH]c(N)nc32)[C@H](OP(=O)(O)OC[C@@H]2CC[C@H](Oc3ccccn3)C2)[C@@H]1O. The van der Waals surface area contributed by atoms with E-state index in [-0.39, 0.29) is 35.7 Å². The van der Waals surface area contributed by atoms with E-state index in [0.717, 1.165) is 13.4 Å². The number of nitrogen functional groups attached to an aromatic ring is 1. The second-order valence-electron chi connectivity index (χ2n) is 9.70. The monoisotopic (exact) mass is 632 g/mol. The Morgan fingerprint density at radius 3 is 2.69 bits per heavy atom. The van der Waals surface area contributed by atoms with Crippen molar-refractivity contribution in [2.45, 2.75) is 49.9 Å². The molecule has 1 saturated carbocycles. The summed E-state index contributed by atoms with van der Waals surface area (Å²) >= 11 is 0. The fourth-order valence-corrected chi connectivity index (χ4v) is 6.24. The summed E-state index contributed by atoms with van der Waals surface area (Å²) in [6.07, 6.45) is -1.55. The number of ether oxygens (including phenoxy) is 2. The first-order valence-corrected chi connectivity index (χ1v) is 15.8.